The van der Waals surface area contributed by atoms with Crippen LogP contribution in [0.2, 0.25) is 0 Å². The minimum Gasteiger partial charge on any atom is -0.759 e. The van der Waals surface area contributed by atoms with E-state index in [1.807, 2.05) is 0 Å². The monoisotopic (exact) mass is 220 g/mol. The maximum atomic E-state index is 9.56. The number of hydrogen-bond acceptors (Lipinski definition) is 5. The van der Waals surface area contributed by atoms with Gasteiger partial charge >= 0.3 is 59.1 Å². The van der Waals surface area contributed by atoms with Gasteiger partial charge in [-0.05, 0) is 0 Å². The third kappa shape index (κ3) is 296. The Hall–Kier alpha value is 2.02. The van der Waals surface area contributed by atoms with Crippen LogP contribution in [0, 0.1) is 0 Å². The summed E-state index contributed by atoms with van der Waals surface area (Å²) >= 11 is 0. The van der Waals surface area contributed by atoms with Crippen LogP contribution in [0.5, 0.6) is 0 Å². The molecule has 0 atom stereocenters. The SMILES string of the molecule is CS(C)=O.O=S(=O)([O-])[O-].[Na+].[Na+]. The third-order valence-corrected chi connectivity index (χ3v) is 0. The van der Waals surface area contributed by atoms with Crippen LogP contribution in [0.3, 0.4) is 0 Å². The smallest absolute Gasteiger partial charge is 0.759 e. The molecule has 0 aromatic rings. The van der Waals surface area contributed by atoms with Crippen LogP contribution in [-0.2, 0) is 21.2 Å². The first kappa shape index (κ1) is 23.1. The van der Waals surface area contributed by atoms with Gasteiger partial charge in [0.15, 0.2) is 0 Å². The van der Waals surface area contributed by atoms with Crippen LogP contribution in [0.25, 0.3) is 0 Å². The normalized spacial score (nSPS) is 8.45. The van der Waals surface area contributed by atoms with Gasteiger partial charge in [-0.15, -0.1) is 0 Å². The second kappa shape index (κ2) is 12.0. The van der Waals surface area contributed by atoms with E-state index >= 15 is 0 Å². The van der Waals surface area contributed by atoms with Crippen molar-refractivity contribution in [2.24, 2.45) is 0 Å². The molecule has 0 fully saturated rings. The summed E-state index contributed by atoms with van der Waals surface area (Å²) in [5, 5.41) is 0. The summed E-state index contributed by atoms with van der Waals surface area (Å²) in [4.78, 5) is 0. The number of hydrogen-bond donors (Lipinski definition) is 0. The Morgan fingerprint density at radius 1 is 1.09 bits per heavy atom. The summed E-state index contributed by atoms with van der Waals surface area (Å²) in [6, 6.07) is 0. The molecular weight excluding hydrogens is 214 g/mol. The van der Waals surface area contributed by atoms with Crippen LogP contribution in [0.1, 0.15) is 0 Å². The first-order valence-corrected chi connectivity index (χ1v) is 4.95. The zero-order valence-corrected chi connectivity index (χ0v) is 12.5. The van der Waals surface area contributed by atoms with Gasteiger partial charge in [-0.3, -0.25) is 12.6 Å². The van der Waals surface area contributed by atoms with Crippen LogP contribution in [-0.4, -0.2) is 34.2 Å². The molecule has 0 rings (SSSR count). The summed E-state index contributed by atoms with van der Waals surface area (Å²) in [5.74, 6) is 0. The summed E-state index contributed by atoms with van der Waals surface area (Å²) in [5.41, 5.74) is 0. The second-order valence-corrected chi connectivity index (χ2v) is 3.45. The minimum absolute atomic E-state index is 0. The van der Waals surface area contributed by atoms with Crippen LogP contribution in [0.15, 0.2) is 0 Å². The van der Waals surface area contributed by atoms with Gasteiger partial charge in [0.2, 0.25) is 0 Å². The van der Waals surface area contributed by atoms with Crippen molar-refractivity contribution in [3.8, 4) is 0 Å². The van der Waals surface area contributed by atoms with Gasteiger partial charge in [0, 0.05) is 33.7 Å². The van der Waals surface area contributed by atoms with E-state index in [2.05, 4.69) is 0 Å². The van der Waals surface area contributed by atoms with E-state index in [1.165, 1.54) is 0 Å². The molecular formula is C2H6Na2O5S2. The maximum absolute atomic E-state index is 9.56. The summed E-state index contributed by atoms with van der Waals surface area (Å²) in [6.07, 6.45) is 3.28. The van der Waals surface area contributed by atoms with Crippen LogP contribution < -0.4 is 59.1 Å². The molecule has 0 radical (unpaired) electrons. The van der Waals surface area contributed by atoms with E-state index in [4.69, 9.17) is 17.5 Å². The summed E-state index contributed by atoms with van der Waals surface area (Å²) in [6.45, 7) is 0. The Bertz CT molecular complexity index is 163. The van der Waals surface area contributed by atoms with Crippen LogP contribution in [0.4, 0.5) is 0 Å². The van der Waals surface area contributed by atoms with E-state index in [1.54, 1.807) is 12.5 Å². The fraction of sp³-hybridized carbons (Fsp3) is 1.00. The van der Waals surface area contributed by atoms with Gasteiger partial charge in [0.1, 0.15) is 0 Å². The Morgan fingerprint density at radius 2 is 1.09 bits per heavy atom. The van der Waals surface area contributed by atoms with Gasteiger partial charge in [0.25, 0.3) is 0 Å². The predicted octanol–water partition coefficient (Wildman–Crippen LogP) is -7.34. The third-order valence-electron chi connectivity index (χ3n) is 0. The molecule has 0 aliphatic heterocycles. The van der Waals surface area contributed by atoms with Crippen molar-refractivity contribution in [3.05, 3.63) is 0 Å². The average Bonchev–Trinajstić information content (AvgIpc) is 1.19. The molecule has 0 aromatic carbocycles. The quantitative estimate of drug-likeness (QED) is 0.229. The topological polar surface area (TPSA) is 97.3 Å². The molecule has 0 aliphatic carbocycles. The molecule has 9 heteroatoms. The van der Waals surface area contributed by atoms with Gasteiger partial charge in [0.05, 0.1) is 0 Å². The van der Waals surface area contributed by atoms with Gasteiger partial charge in [-0.1, -0.05) is 0 Å². The molecule has 0 saturated heterocycles. The molecule has 11 heavy (non-hydrogen) atoms. The molecule has 0 aliphatic rings. The number of rotatable bonds is 0. The van der Waals surface area contributed by atoms with E-state index < -0.39 is 21.2 Å². The Morgan fingerprint density at radius 3 is 1.09 bits per heavy atom. The molecule has 0 spiro atoms. The Balaban J connectivity index is -0.0000000383. The molecule has 0 N–H and O–H groups in total. The van der Waals surface area contributed by atoms with E-state index in [0.29, 0.717) is 0 Å². The zero-order valence-electron chi connectivity index (χ0n) is 6.86. The van der Waals surface area contributed by atoms with Crippen molar-refractivity contribution in [2.75, 3.05) is 12.5 Å². The summed E-state index contributed by atoms with van der Waals surface area (Å²) in [7, 11) is -5.78. The first-order chi connectivity index (χ1) is 3.73. The molecule has 0 aromatic heterocycles. The van der Waals surface area contributed by atoms with Gasteiger partial charge in [-0.25, -0.2) is 0 Å². The van der Waals surface area contributed by atoms with Gasteiger partial charge in [-0.2, -0.15) is 0 Å². The van der Waals surface area contributed by atoms with Gasteiger partial charge < -0.3 is 9.11 Å². The Labute approximate surface area is 113 Å². The fourth-order valence-electron chi connectivity index (χ4n) is 0. The molecule has 0 unspecified atom stereocenters. The first-order valence-electron chi connectivity index (χ1n) is 1.65. The summed E-state index contributed by atoms with van der Waals surface area (Å²) < 4.78 is 43.6. The van der Waals surface area contributed by atoms with E-state index in [-0.39, 0.29) is 59.1 Å². The van der Waals surface area contributed by atoms with Crippen molar-refractivity contribution in [1.29, 1.82) is 0 Å². The zero-order chi connectivity index (χ0) is 8.08. The fourth-order valence-corrected chi connectivity index (χ4v) is 0. The largest absolute Gasteiger partial charge is 1.00 e. The second-order valence-electron chi connectivity index (χ2n) is 1.15. The standard InChI is InChI=1S/C2H6OS.2Na.H2O4S/c1-4(2)3;;;1-5(2,3)4/h1-2H3;;;(H2,1,2,3,4)/q;2*+1;/p-2. The molecule has 0 heterocycles. The van der Waals surface area contributed by atoms with Crippen molar-refractivity contribution in [1.82, 2.24) is 0 Å². The molecule has 58 valence electrons. The van der Waals surface area contributed by atoms with E-state index in [0.717, 1.165) is 0 Å². The molecule has 0 bridgehead atoms. The van der Waals surface area contributed by atoms with E-state index in [9.17, 15) is 4.21 Å². The predicted molar refractivity (Wildman–Crippen MR) is 30.5 cm³/mol. The molecule has 0 amide bonds. The van der Waals surface area contributed by atoms with Crippen molar-refractivity contribution in [3.63, 3.8) is 0 Å². The molecule has 0 saturated carbocycles. The average molecular weight is 220 g/mol. The van der Waals surface area contributed by atoms with Crippen molar-refractivity contribution >= 4 is 21.2 Å². The minimum atomic E-state index is -5.17. The Kier molecular flexibility index (Phi) is 25.3. The maximum Gasteiger partial charge on any atom is 1.00 e. The molecule has 5 nitrogen and oxygen atoms in total. The van der Waals surface area contributed by atoms with Crippen molar-refractivity contribution < 1.29 is 80.8 Å². The van der Waals surface area contributed by atoms with Crippen molar-refractivity contribution in [2.45, 2.75) is 0 Å². The van der Waals surface area contributed by atoms with Crippen LogP contribution >= 0.6 is 0 Å².